The number of carbonyl (C=O) groups excluding carboxylic acids is 1. The van der Waals surface area contributed by atoms with Crippen molar-refractivity contribution in [3.63, 3.8) is 0 Å². The van der Waals surface area contributed by atoms with Crippen LogP contribution in [0.15, 0.2) is 17.0 Å². The summed E-state index contributed by atoms with van der Waals surface area (Å²) in [6.45, 7) is 1.52. The number of thioether (sulfide) groups is 1. The topological polar surface area (TPSA) is 50.1 Å². The molecular formula is C11H7ClF3NO2S. The van der Waals surface area contributed by atoms with Gasteiger partial charge in [0, 0.05) is 4.90 Å². The number of nitriles is 1. The summed E-state index contributed by atoms with van der Waals surface area (Å²) in [6.07, 6.45) is 0. The van der Waals surface area contributed by atoms with E-state index < -0.39 is 28.1 Å². The lowest BCUT2D eigenvalue weighted by atomic mass is 10.1. The van der Waals surface area contributed by atoms with Crippen LogP contribution in [0.5, 0.6) is 0 Å². The Morgan fingerprint density at radius 3 is 2.63 bits per heavy atom. The molecule has 0 aliphatic carbocycles. The Bertz CT molecular complexity index is 540. The Morgan fingerprint density at radius 1 is 1.53 bits per heavy atom. The van der Waals surface area contributed by atoms with E-state index in [1.165, 1.54) is 6.92 Å². The Morgan fingerprint density at radius 2 is 2.16 bits per heavy atom. The van der Waals surface area contributed by atoms with Crippen LogP contribution in [0.1, 0.15) is 22.8 Å². The maximum Gasteiger partial charge on any atom is 0.446 e. The molecule has 0 aliphatic rings. The number of halogens is 4. The van der Waals surface area contributed by atoms with Gasteiger partial charge in [0.05, 0.1) is 28.8 Å². The van der Waals surface area contributed by atoms with Gasteiger partial charge in [0.1, 0.15) is 0 Å². The van der Waals surface area contributed by atoms with E-state index in [-0.39, 0.29) is 22.8 Å². The van der Waals surface area contributed by atoms with Gasteiger partial charge in [-0.05, 0) is 30.8 Å². The first kappa shape index (κ1) is 15.7. The molecule has 19 heavy (non-hydrogen) atoms. The molecule has 102 valence electrons. The molecule has 3 nitrogen and oxygen atoms in total. The quantitative estimate of drug-likeness (QED) is 0.625. The second-order valence-electron chi connectivity index (χ2n) is 3.21. The van der Waals surface area contributed by atoms with Crippen LogP contribution in [0.2, 0.25) is 5.02 Å². The fourth-order valence-corrected chi connectivity index (χ4v) is 2.21. The van der Waals surface area contributed by atoms with Gasteiger partial charge in [-0.1, -0.05) is 11.6 Å². The second-order valence-corrected chi connectivity index (χ2v) is 4.70. The molecule has 1 aromatic rings. The number of alkyl halides is 3. The van der Waals surface area contributed by atoms with Crippen molar-refractivity contribution < 1.29 is 22.7 Å². The van der Waals surface area contributed by atoms with Gasteiger partial charge in [0.25, 0.3) is 0 Å². The van der Waals surface area contributed by atoms with Crippen molar-refractivity contribution in [3.05, 3.63) is 28.3 Å². The van der Waals surface area contributed by atoms with Crippen molar-refractivity contribution in [2.24, 2.45) is 0 Å². The van der Waals surface area contributed by atoms with Crippen molar-refractivity contribution in [3.8, 4) is 6.07 Å². The molecule has 0 spiro atoms. The first-order valence-electron chi connectivity index (χ1n) is 4.95. The van der Waals surface area contributed by atoms with Crippen LogP contribution >= 0.6 is 23.4 Å². The summed E-state index contributed by atoms with van der Waals surface area (Å²) in [7, 11) is 0. The van der Waals surface area contributed by atoms with Crippen molar-refractivity contribution in [1.29, 1.82) is 5.26 Å². The van der Waals surface area contributed by atoms with E-state index in [9.17, 15) is 18.0 Å². The van der Waals surface area contributed by atoms with E-state index in [4.69, 9.17) is 16.9 Å². The van der Waals surface area contributed by atoms with Crippen LogP contribution in [0.4, 0.5) is 13.2 Å². The Labute approximate surface area is 116 Å². The zero-order chi connectivity index (χ0) is 14.6. The molecule has 0 bridgehead atoms. The van der Waals surface area contributed by atoms with Crippen LogP contribution in [0.3, 0.4) is 0 Å². The fourth-order valence-electron chi connectivity index (χ4n) is 1.24. The molecule has 0 N–H and O–H groups in total. The number of carbonyl (C=O) groups is 1. The van der Waals surface area contributed by atoms with Crippen LogP contribution in [-0.4, -0.2) is 18.1 Å². The van der Waals surface area contributed by atoms with Crippen molar-refractivity contribution in [2.45, 2.75) is 17.3 Å². The highest BCUT2D eigenvalue weighted by Gasteiger charge is 2.33. The molecule has 0 aliphatic heterocycles. The number of hydrogen-bond acceptors (Lipinski definition) is 4. The highest BCUT2D eigenvalue weighted by molar-refractivity contribution is 8.00. The summed E-state index contributed by atoms with van der Waals surface area (Å²) in [4.78, 5) is 11.1. The lowest BCUT2D eigenvalue weighted by molar-refractivity contribution is -0.0328. The molecule has 0 saturated heterocycles. The van der Waals surface area contributed by atoms with Crippen molar-refractivity contribution >= 4 is 29.3 Å². The third-order valence-electron chi connectivity index (χ3n) is 1.89. The monoisotopic (exact) mass is 309 g/mol. The Hall–Kier alpha value is -1.39. The molecule has 0 fully saturated rings. The average molecular weight is 310 g/mol. The molecule has 1 aromatic carbocycles. The summed E-state index contributed by atoms with van der Waals surface area (Å²) in [5, 5.41) is 8.42. The van der Waals surface area contributed by atoms with Gasteiger partial charge in [0.15, 0.2) is 0 Å². The van der Waals surface area contributed by atoms with Crippen molar-refractivity contribution in [2.75, 3.05) is 6.61 Å². The molecule has 0 amide bonds. The highest BCUT2D eigenvalue weighted by atomic mass is 35.5. The minimum atomic E-state index is -4.60. The van der Waals surface area contributed by atoms with E-state index in [0.717, 1.165) is 12.1 Å². The molecule has 0 saturated carbocycles. The number of rotatable bonds is 3. The number of benzene rings is 1. The molecular weight excluding hydrogens is 303 g/mol. The maximum atomic E-state index is 12.4. The van der Waals surface area contributed by atoms with Crippen LogP contribution < -0.4 is 0 Å². The first-order chi connectivity index (χ1) is 8.78. The van der Waals surface area contributed by atoms with Gasteiger partial charge in [0.2, 0.25) is 0 Å². The normalized spacial score (nSPS) is 10.9. The molecule has 0 unspecified atom stereocenters. The van der Waals surface area contributed by atoms with Crippen molar-refractivity contribution in [1.82, 2.24) is 0 Å². The maximum absolute atomic E-state index is 12.4. The molecule has 0 radical (unpaired) electrons. The van der Waals surface area contributed by atoms with Gasteiger partial charge in [-0.3, -0.25) is 0 Å². The average Bonchev–Trinajstić information content (AvgIpc) is 2.30. The molecule has 0 aromatic heterocycles. The zero-order valence-corrected chi connectivity index (χ0v) is 11.1. The first-order valence-corrected chi connectivity index (χ1v) is 6.14. The summed E-state index contributed by atoms with van der Waals surface area (Å²) >= 11 is 5.17. The standard InChI is InChI=1S/C11H7ClF3NO2S/c1-2-18-10(17)7-3-6(5-16)4-8(12)9(7)19-11(13,14)15/h3-4H,2H2,1H3. The van der Waals surface area contributed by atoms with Crippen LogP contribution in [-0.2, 0) is 4.74 Å². The van der Waals surface area contributed by atoms with Gasteiger partial charge in [-0.2, -0.15) is 18.4 Å². The number of nitrogens with zero attached hydrogens (tertiary/aromatic N) is 1. The number of esters is 1. The van der Waals surface area contributed by atoms with E-state index in [0.29, 0.717) is 0 Å². The van der Waals surface area contributed by atoms with E-state index in [1.54, 1.807) is 6.07 Å². The third-order valence-corrected chi connectivity index (χ3v) is 3.17. The summed E-state index contributed by atoms with van der Waals surface area (Å²) < 4.78 is 41.9. The largest absolute Gasteiger partial charge is 0.462 e. The molecule has 8 heteroatoms. The minimum Gasteiger partial charge on any atom is -0.462 e. The van der Waals surface area contributed by atoms with Gasteiger partial charge >= 0.3 is 11.5 Å². The van der Waals surface area contributed by atoms with Gasteiger partial charge in [-0.15, -0.1) is 0 Å². The van der Waals surface area contributed by atoms with E-state index >= 15 is 0 Å². The smallest absolute Gasteiger partial charge is 0.446 e. The lowest BCUT2D eigenvalue weighted by Crippen LogP contribution is -2.09. The summed E-state index contributed by atoms with van der Waals surface area (Å²) in [5.41, 5.74) is -4.98. The minimum absolute atomic E-state index is 0.00333. The predicted molar refractivity (Wildman–Crippen MR) is 64.0 cm³/mol. The molecule has 0 atom stereocenters. The van der Waals surface area contributed by atoms with E-state index in [2.05, 4.69) is 4.74 Å². The van der Waals surface area contributed by atoms with Crippen LogP contribution in [0, 0.1) is 11.3 Å². The molecule has 0 heterocycles. The third kappa shape index (κ3) is 4.33. The van der Waals surface area contributed by atoms with Gasteiger partial charge < -0.3 is 4.74 Å². The number of ether oxygens (including phenoxy) is 1. The van der Waals surface area contributed by atoms with Gasteiger partial charge in [-0.25, -0.2) is 4.79 Å². The Balaban J connectivity index is 3.34. The lowest BCUT2D eigenvalue weighted by Gasteiger charge is -2.12. The zero-order valence-electron chi connectivity index (χ0n) is 9.55. The Kier molecular flexibility index (Phi) is 5.09. The SMILES string of the molecule is CCOC(=O)c1cc(C#N)cc(Cl)c1SC(F)(F)F. The van der Waals surface area contributed by atoms with Crippen LogP contribution in [0.25, 0.3) is 0 Å². The van der Waals surface area contributed by atoms with E-state index in [1.807, 2.05) is 0 Å². The highest BCUT2D eigenvalue weighted by Crippen LogP contribution is 2.42. The summed E-state index contributed by atoms with van der Waals surface area (Å²) in [5.74, 6) is -0.951. The summed E-state index contributed by atoms with van der Waals surface area (Å²) in [6, 6.07) is 3.81. The predicted octanol–water partition coefficient (Wildman–Crippen LogP) is 4.00. The molecule has 1 rings (SSSR count). The fraction of sp³-hybridized carbons (Fsp3) is 0.273. The number of hydrogen-bond donors (Lipinski definition) is 0. The second kappa shape index (κ2) is 6.17.